The molecule has 1 fully saturated rings. The number of anilines is 2. The van der Waals surface area contributed by atoms with Crippen LogP contribution < -0.4 is 10.6 Å². The Labute approximate surface area is 129 Å². The highest BCUT2D eigenvalue weighted by molar-refractivity contribution is 6.31. The van der Waals surface area contributed by atoms with Crippen LogP contribution in [0.25, 0.3) is 0 Å². The monoisotopic (exact) mass is 303 g/mol. The molecule has 21 heavy (non-hydrogen) atoms. The van der Waals surface area contributed by atoms with E-state index in [1.807, 2.05) is 25.1 Å². The van der Waals surface area contributed by atoms with Gasteiger partial charge in [-0.15, -0.1) is 0 Å². The maximum atomic E-state index is 5.98. The molecule has 5 heteroatoms. The summed E-state index contributed by atoms with van der Waals surface area (Å²) < 4.78 is 5.74. The maximum absolute atomic E-state index is 5.98. The van der Waals surface area contributed by atoms with E-state index in [0.717, 1.165) is 36.8 Å². The third kappa shape index (κ3) is 3.53. The molecule has 2 N–H and O–H groups in total. The van der Waals surface area contributed by atoms with E-state index < -0.39 is 0 Å². The molecule has 2 aromatic rings. The first-order valence-corrected chi connectivity index (χ1v) is 7.41. The second-order valence-electron chi connectivity index (χ2n) is 5.13. The van der Waals surface area contributed by atoms with Gasteiger partial charge in [-0.05, 0) is 36.2 Å². The van der Waals surface area contributed by atoms with Crippen molar-refractivity contribution in [3.05, 3.63) is 52.7 Å². The molecule has 2 heterocycles. The molecule has 0 saturated carbocycles. The number of aromatic nitrogens is 1. The number of morpholine rings is 1. The van der Waals surface area contributed by atoms with Crippen LogP contribution in [0.2, 0.25) is 5.02 Å². The number of rotatable bonds is 3. The average Bonchev–Trinajstić information content (AvgIpc) is 2.53. The van der Waals surface area contributed by atoms with Gasteiger partial charge in [0, 0.05) is 25.0 Å². The molecule has 3 rings (SSSR count). The third-order valence-corrected chi connectivity index (χ3v) is 3.93. The van der Waals surface area contributed by atoms with Gasteiger partial charge in [-0.1, -0.05) is 23.7 Å². The third-order valence-electron chi connectivity index (χ3n) is 3.53. The summed E-state index contributed by atoms with van der Waals surface area (Å²) in [5.74, 6) is 0.792. The van der Waals surface area contributed by atoms with Crippen molar-refractivity contribution < 1.29 is 4.74 Å². The molecule has 1 aromatic carbocycles. The van der Waals surface area contributed by atoms with Gasteiger partial charge in [0.2, 0.25) is 0 Å². The first-order chi connectivity index (χ1) is 10.2. The first-order valence-electron chi connectivity index (χ1n) is 7.04. The molecule has 0 radical (unpaired) electrons. The Morgan fingerprint density at radius 1 is 1.33 bits per heavy atom. The SMILES string of the molecule is Cc1cc(Nc2ccc([C@H]3CNCCO3)cc2)ncc1Cl. The molecule has 0 bridgehead atoms. The molecule has 0 spiro atoms. The number of pyridine rings is 1. The summed E-state index contributed by atoms with van der Waals surface area (Å²) in [5.41, 5.74) is 3.19. The van der Waals surface area contributed by atoms with E-state index in [-0.39, 0.29) is 6.10 Å². The molecule has 1 aliphatic rings. The van der Waals surface area contributed by atoms with Crippen LogP contribution in [-0.4, -0.2) is 24.7 Å². The van der Waals surface area contributed by atoms with Gasteiger partial charge in [-0.3, -0.25) is 0 Å². The Bertz CT molecular complexity index is 609. The minimum absolute atomic E-state index is 0.142. The van der Waals surface area contributed by atoms with Gasteiger partial charge < -0.3 is 15.4 Å². The maximum Gasteiger partial charge on any atom is 0.130 e. The molecular weight excluding hydrogens is 286 g/mol. The van der Waals surface area contributed by atoms with Crippen molar-refractivity contribution in [2.24, 2.45) is 0 Å². The van der Waals surface area contributed by atoms with Crippen LogP contribution in [0.4, 0.5) is 11.5 Å². The van der Waals surface area contributed by atoms with Crippen molar-refractivity contribution in [3.8, 4) is 0 Å². The number of nitrogens with zero attached hydrogens (tertiary/aromatic N) is 1. The molecule has 1 aromatic heterocycles. The topological polar surface area (TPSA) is 46.2 Å². The van der Waals surface area contributed by atoms with Crippen molar-refractivity contribution in [2.75, 3.05) is 25.0 Å². The molecule has 0 amide bonds. The van der Waals surface area contributed by atoms with Gasteiger partial charge in [0.25, 0.3) is 0 Å². The predicted molar refractivity (Wildman–Crippen MR) is 85.3 cm³/mol. The number of halogens is 1. The van der Waals surface area contributed by atoms with Gasteiger partial charge in [0.1, 0.15) is 5.82 Å². The van der Waals surface area contributed by atoms with E-state index in [1.54, 1.807) is 6.20 Å². The van der Waals surface area contributed by atoms with E-state index in [9.17, 15) is 0 Å². The zero-order chi connectivity index (χ0) is 14.7. The highest BCUT2D eigenvalue weighted by Crippen LogP contribution is 2.23. The predicted octanol–water partition coefficient (Wildman–Crippen LogP) is 3.45. The lowest BCUT2D eigenvalue weighted by atomic mass is 10.1. The van der Waals surface area contributed by atoms with E-state index >= 15 is 0 Å². The number of ether oxygens (including phenoxy) is 1. The highest BCUT2D eigenvalue weighted by atomic mass is 35.5. The van der Waals surface area contributed by atoms with Crippen LogP contribution in [-0.2, 0) is 4.74 Å². The van der Waals surface area contributed by atoms with Crippen LogP contribution in [0, 0.1) is 6.92 Å². The van der Waals surface area contributed by atoms with Crippen molar-refractivity contribution in [3.63, 3.8) is 0 Å². The van der Waals surface area contributed by atoms with Crippen molar-refractivity contribution in [2.45, 2.75) is 13.0 Å². The second-order valence-corrected chi connectivity index (χ2v) is 5.54. The summed E-state index contributed by atoms with van der Waals surface area (Å²) in [6.45, 7) is 4.52. The van der Waals surface area contributed by atoms with Gasteiger partial charge >= 0.3 is 0 Å². The quantitative estimate of drug-likeness (QED) is 0.912. The highest BCUT2D eigenvalue weighted by Gasteiger charge is 2.15. The molecule has 4 nitrogen and oxygen atoms in total. The summed E-state index contributed by atoms with van der Waals surface area (Å²) in [7, 11) is 0. The van der Waals surface area contributed by atoms with Crippen LogP contribution >= 0.6 is 11.6 Å². The van der Waals surface area contributed by atoms with Crippen LogP contribution in [0.15, 0.2) is 36.5 Å². The summed E-state index contributed by atoms with van der Waals surface area (Å²) in [6, 6.07) is 10.2. The van der Waals surface area contributed by atoms with E-state index in [2.05, 4.69) is 27.8 Å². The molecule has 0 aliphatic carbocycles. The number of hydrogen-bond donors (Lipinski definition) is 2. The Hall–Kier alpha value is -1.62. The largest absolute Gasteiger partial charge is 0.371 e. The van der Waals surface area contributed by atoms with Gasteiger partial charge in [0.05, 0.1) is 17.7 Å². The number of aryl methyl sites for hydroxylation is 1. The van der Waals surface area contributed by atoms with Gasteiger partial charge in [0.15, 0.2) is 0 Å². The lowest BCUT2D eigenvalue weighted by Gasteiger charge is -2.24. The second kappa shape index (κ2) is 6.43. The summed E-state index contributed by atoms with van der Waals surface area (Å²) in [4.78, 5) is 4.27. The molecule has 110 valence electrons. The minimum Gasteiger partial charge on any atom is -0.371 e. The number of benzene rings is 1. The fourth-order valence-electron chi connectivity index (χ4n) is 2.32. The average molecular weight is 304 g/mol. The lowest BCUT2D eigenvalue weighted by molar-refractivity contribution is 0.0277. The summed E-state index contributed by atoms with van der Waals surface area (Å²) in [6.07, 6.45) is 1.80. The minimum atomic E-state index is 0.142. The normalized spacial score (nSPS) is 18.5. The van der Waals surface area contributed by atoms with E-state index in [4.69, 9.17) is 16.3 Å². The summed E-state index contributed by atoms with van der Waals surface area (Å²) >= 11 is 5.98. The first kappa shape index (κ1) is 14.3. The van der Waals surface area contributed by atoms with Crippen molar-refractivity contribution in [1.29, 1.82) is 0 Å². The Morgan fingerprint density at radius 2 is 2.14 bits per heavy atom. The van der Waals surface area contributed by atoms with Crippen LogP contribution in [0.3, 0.4) is 0 Å². The zero-order valence-corrected chi connectivity index (χ0v) is 12.7. The molecule has 1 saturated heterocycles. The fraction of sp³-hybridized carbons (Fsp3) is 0.312. The summed E-state index contributed by atoms with van der Waals surface area (Å²) in [5, 5.41) is 7.29. The zero-order valence-electron chi connectivity index (χ0n) is 11.9. The standard InChI is InChI=1S/C16H18ClN3O/c1-11-8-16(19-9-14(11)17)20-13-4-2-12(3-5-13)15-10-18-6-7-21-15/h2-5,8-9,15,18H,6-7,10H2,1H3,(H,19,20)/t15-/m1/s1. The Kier molecular flexibility index (Phi) is 4.39. The molecular formula is C16H18ClN3O. The Morgan fingerprint density at radius 3 is 2.81 bits per heavy atom. The van der Waals surface area contributed by atoms with Gasteiger partial charge in [-0.25, -0.2) is 4.98 Å². The number of hydrogen-bond acceptors (Lipinski definition) is 4. The van der Waals surface area contributed by atoms with Crippen LogP contribution in [0.5, 0.6) is 0 Å². The Balaban J connectivity index is 1.70. The van der Waals surface area contributed by atoms with Crippen molar-refractivity contribution in [1.82, 2.24) is 10.3 Å². The number of nitrogens with one attached hydrogen (secondary N) is 2. The van der Waals surface area contributed by atoms with Crippen LogP contribution in [0.1, 0.15) is 17.2 Å². The molecule has 0 unspecified atom stereocenters. The van der Waals surface area contributed by atoms with Crippen molar-refractivity contribution >= 4 is 23.1 Å². The van der Waals surface area contributed by atoms with E-state index in [0.29, 0.717) is 5.02 Å². The lowest BCUT2D eigenvalue weighted by Crippen LogP contribution is -2.33. The van der Waals surface area contributed by atoms with E-state index in [1.165, 1.54) is 5.56 Å². The smallest absolute Gasteiger partial charge is 0.130 e. The van der Waals surface area contributed by atoms with Gasteiger partial charge in [-0.2, -0.15) is 0 Å². The molecule has 1 atom stereocenters. The molecule has 1 aliphatic heterocycles. The fourth-order valence-corrected chi connectivity index (χ4v) is 2.42.